The van der Waals surface area contributed by atoms with Crippen molar-refractivity contribution in [1.29, 1.82) is 0 Å². The van der Waals surface area contributed by atoms with E-state index in [-0.39, 0.29) is 0 Å². The lowest BCUT2D eigenvalue weighted by molar-refractivity contribution is 0.992. The highest BCUT2D eigenvalue weighted by atomic mass is 79.9. The molecule has 94 valence electrons. The first-order valence-corrected chi connectivity index (χ1v) is 6.65. The van der Waals surface area contributed by atoms with E-state index in [0.29, 0.717) is 5.69 Å². The van der Waals surface area contributed by atoms with Gasteiger partial charge in [-0.25, -0.2) is 4.98 Å². The van der Waals surface area contributed by atoms with E-state index >= 15 is 0 Å². The Balaban J connectivity index is 1.95. The second-order valence-electron chi connectivity index (χ2n) is 4.20. The summed E-state index contributed by atoms with van der Waals surface area (Å²) in [5.41, 5.74) is 8.99. The molecule has 1 aromatic heterocycles. The molecule has 1 aromatic carbocycles. The summed E-state index contributed by atoms with van der Waals surface area (Å²) in [6.45, 7) is 2.98. The number of nitrogen functional groups attached to an aromatic ring is 1. The molecule has 2 rings (SSSR count). The van der Waals surface area contributed by atoms with Gasteiger partial charge in [0, 0.05) is 6.54 Å². The van der Waals surface area contributed by atoms with Crippen LogP contribution in [0.2, 0.25) is 0 Å². The van der Waals surface area contributed by atoms with E-state index in [1.807, 2.05) is 6.07 Å². The smallest absolute Gasteiger partial charge is 0.140 e. The van der Waals surface area contributed by atoms with Crippen LogP contribution in [-0.4, -0.2) is 11.5 Å². The molecule has 3 nitrogen and oxygen atoms in total. The van der Waals surface area contributed by atoms with Crippen molar-refractivity contribution < 1.29 is 0 Å². The van der Waals surface area contributed by atoms with Gasteiger partial charge in [0.15, 0.2) is 0 Å². The van der Waals surface area contributed by atoms with Crippen LogP contribution in [0, 0.1) is 6.92 Å². The minimum Gasteiger partial charge on any atom is -0.397 e. The number of hydrogen-bond donors (Lipinski definition) is 2. The van der Waals surface area contributed by atoms with Crippen LogP contribution in [0.25, 0.3) is 0 Å². The van der Waals surface area contributed by atoms with Gasteiger partial charge in [-0.3, -0.25) is 0 Å². The number of hydrogen-bond acceptors (Lipinski definition) is 3. The lowest BCUT2D eigenvalue weighted by Crippen LogP contribution is -2.07. The van der Waals surface area contributed by atoms with Crippen molar-refractivity contribution in [2.45, 2.75) is 13.3 Å². The molecule has 0 saturated heterocycles. The van der Waals surface area contributed by atoms with Crippen molar-refractivity contribution in [2.75, 3.05) is 17.6 Å². The van der Waals surface area contributed by atoms with Crippen LogP contribution in [-0.2, 0) is 6.42 Å². The quantitative estimate of drug-likeness (QED) is 0.910. The van der Waals surface area contributed by atoms with Crippen molar-refractivity contribution in [3.63, 3.8) is 0 Å². The van der Waals surface area contributed by atoms with Crippen LogP contribution in [0.1, 0.15) is 11.1 Å². The van der Waals surface area contributed by atoms with Crippen molar-refractivity contribution >= 4 is 27.4 Å². The lowest BCUT2D eigenvalue weighted by Gasteiger charge is -2.09. The molecule has 1 heterocycles. The van der Waals surface area contributed by atoms with E-state index in [1.165, 1.54) is 11.1 Å². The third kappa shape index (κ3) is 3.23. The number of nitrogens with two attached hydrogens (primary N) is 1. The fourth-order valence-electron chi connectivity index (χ4n) is 1.79. The number of halogens is 1. The number of aryl methyl sites for hydroxylation is 1. The first-order chi connectivity index (χ1) is 8.66. The molecule has 0 aliphatic carbocycles. The van der Waals surface area contributed by atoms with E-state index < -0.39 is 0 Å². The average Bonchev–Trinajstić information content (AvgIpc) is 2.34. The maximum absolute atomic E-state index is 5.65. The summed E-state index contributed by atoms with van der Waals surface area (Å²) in [6, 6.07) is 10.3. The van der Waals surface area contributed by atoms with Crippen molar-refractivity contribution in [3.8, 4) is 0 Å². The molecule has 0 bridgehead atoms. The molecule has 0 amide bonds. The second-order valence-corrected chi connectivity index (χ2v) is 5.06. The Morgan fingerprint density at radius 2 is 2.11 bits per heavy atom. The molecule has 0 atom stereocenters. The average molecular weight is 306 g/mol. The minimum absolute atomic E-state index is 0.659. The summed E-state index contributed by atoms with van der Waals surface area (Å²) >= 11 is 3.44. The Hall–Kier alpha value is -1.55. The Morgan fingerprint density at radius 3 is 2.83 bits per heavy atom. The first-order valence-electron chi connectivity index (χ1n) is 5.86. The molecule has 0 unspecified atom stereocenters. The highest BCUT2D eigenvalue weighted by Gasteiger charge is 2.02. The largest absolute Gasteiger partial charge is 0.397 e. The third-order valence-electron chi connectivity index (χ3n) is 2.81. The number of anilines is 2. The van der Waals surface area contributed by atoms with Crippen LogP contribution in [0.4, 0.5) is 11.5 Å². The second kappa shape index (κ2) is 5.87. The Kier molecular flexibility index (Phi) is 4.20. The summed E-state index contributed by atoms with van der Waals surface area (Å²) in [6.07, 6.45) is 2.63. The van der Waals surface area contributed by atoms with Crippen molar-refractivity contribution in [3.05, 3.63) is 52.1 Å². The summed E-state index contributed by atoms with van der Waals surface area (Å²) in [7, 11) is 0. The van der Waals surface area contributed by atoms with Gasteiger partial charge < -0.3 is 11.1 Å². The molecule has 0 aliphatic heterocycles. The molecular formula is C14H16BrN3. The monoisotopic (exact) mass is 305 g/mol. The predicted octanol–water partition coefficient (Wildman–Crippen LogP) is 3.39. The molecule has 4 heteroatoms. The molecule has 2 aromatic rings. The molecule has 0 spiro atoms. The van der Waals surface area contributed by atoms with Gasteiger partial charge in [-0.1, -0.05) is 24.3 Å². The van der Waals surface area contributed by atoms with Crippen molar-refractivity contribution in [2.24, 2.45) is 0 Å². The number of nitrogens with zero attached hydrogens (tertiary/aromatic N) is 1. The van der Waals surface area contributed by atoms with Crippen LogP contribution in [0.3, 0.4) is 0 Å². The summed E-state index contributed by atoms with van der Waals surface area (Å²) in [5.74, 6) is 0.831. The number of benzene rings is 1. The maximum atomic E-state index is 5.65. The minimum atomic E-state index is 0.659. The fraction of sp³-hybridized carbons (Fsp3) is 0.214. The third-order valence-corrected chi connectivity index (χ3v) is 3.41. The standard InChI is InChI=1S/C14H16BrN3/c1-10-4-2-3-5-11(10)6-7-17-14-13(15)8-12(16)9-18-14/h2-5,8-9H,6-7,16H2,1H3,(H,17,18). The summed E-state index contributed by atoms with van der Waals surface area (Å²) < 4.78 is 0.896. The zero-order valence-electron chi connectivity index (χ0n) is 10.3. The van der Waals surface area contributed by atoms with Crippen LogP contribution in [0.15, 0.2) is 41.0 Å². The van der Waals surface area contributed by atoms with Crippen molar-refractivity contribution in [1.82, 2.24) is 4.98 Å². The number of pyridine rings is 1. The Labute approximate surface area is 116 Å². The Morgan fingerprint density at radius 1 is 1.33 bits per heavy atom. The van der Waals surface area contributed by atoms with E-state index in [2.05, 4.69) is 57.4 Å². The summed E-state index contributed by atoms with van der Waals surface area (Å²) in [4.78, 5) is 4.25. The molecular weight excluding hydrogens is 290 g/mol. The number of aromatic nitrogens is 1. The predicted molar refractivity (Wildman–Crippen MR) is 79.7 cm³/mol. The van der Waals surface area contributed by atoms with Gasteiger partial charge in [0.25, 0.3) is 0 Å². The van der Waals surface area contributed by atoms with E-state index in [1.54, 1.807) is 6.20 Å². The molecule has 0 fully saturated rings. The molecule has 0 radical (unpaired) electrons. The van der Waals surface area contributed by atoms with Crippen LogP contribution >= 0.6 is 15.9 Å². The van der Waals surface area contributed by atoms with Gasteiger partial charge in [-0.15, -0.1) is 0 Å². The van der Waals surface area contributed by atoms with Gasteiger partial charge in [-0.05, 0) is 46.5 Å². The van der Waals surface area contributed by atoms with Gasteiger partial charge >= 0.3 is 0 Å². The topological polar surface area (TPSA) is 50.9 Å². The number of nitrogens with one attached hydrogen (secondary N) is 1. The number of rotatable bonds is 4. The lowest BCUT2D eigenvalue weighted by atomic mass is 10.1. The van der Waals surface area contributed by atoms with Gasteiger partial charge in [-0.2, -0.15) is 0 Å². The molecule has 3 N–H and O–H groups in total. The van der Waals surface area contributed by atoms with Gasteiger partial charge in [0.1, 0.15) is 5.82 Å². The molecule has 0 saturated carbocycles. The Bertz CT molecular complexity index is 540. The normalized spacial score (nSPS) is 10.3. The zero-order chi connectivity index (χ0) is 13.0. The van der Waals surface area contributed by atoms with Crippen LogP contribution in [0.5, 0.6) is 0 Å². The molecule has 18 heavy (non-hydrogen) atoms. The van der Waals surface area contributed by atoms with E-state index in [4.69, 9.17) is 5.73 Å². The maximum Gasteiger partial charge on any atom is 0.140 e. The fourth-order valence-corrected chi connectivity index (χ4v) is 2.30. The first kappa shape index (κ1) is 12.9. The van der Waals surface area contributed by atoms with Crippen LogP contribution < -0.4 is 11.1 Å². The van der Waals surface area contributed by atoms with Gasteiger partial charge in [0.2, 0.25) is 0 Å². The summed E-state index contributed by atoms with van der Waals surface area (Å²) in [5, 5.41) is 3.30. The molecule has 0 aliphatic rings. The SMILES string of the molecule is Cc1ccccc1CCNc1ncc(N)cc1Br. The zero-order valence-corrected chi connectivity index (χ0v) is 11.9. The van der Waals surface area contributed by atoms with E-state index in [0.717, 1.165) is 23.3 Å². The van der Waals surface area contributed by atoms with Gasteiger partial charge in [0.05, 0.1) is 16.4 Å². The van der Waals surface area contributed by atoms with E-state index in [9.17, 15) is 0 Å². The highest BCUT2D eigenvalue weighted by molar-refractivity contribution is 9.10. The highest BCUT2D eigenvalue weighted by Crippen LogP contribution is 2.21.